The fraction of sp³-hybridized carbons (Fsp3) is 0.360. The van der Waals surface area contributed by atoms with Crippen molar-refractivity contribution in [1.82, 2.24) is 19.9 Å². The molecule has 4 heterocycles. The highest BCUT2D eigenvalue weighted by molar-refractivity contribution is 6.31. The van der Waals surface area contributed by atoms with Gasteiger partial charge in [0, 0.05) is 41.2 Å². The standard InChI is InChI=1S/C25H23ClF3N5O/c1-14-11-34(13-30-14)20-7-6-18(31-22(20)35-2)19-12-33-9-3-8-24(23(33)32-19)16-5-4-15(26)10-17(21(16)24)25(27,28)29/h4-7,10-12,21,30H,3,8-9,13H2,1-2H3/t21-,24+/m1/s1. The average Bonchev–Trinajstić information content (AvgIpc) is 3.09. The predicted octanol–water partition coefficient (Wildman–Crippen LogP) is 5.39. The molecule has 6 rings (SSSR count). The fourth-order valence-corrected chi connectivity index (χ4v) is 5.84. The van der Waals surface area contributed by atoms with Crippen LogP contribution in [0.3, 0.4) is 0 Å². The number of ether oxygens (including phenoxy) is 1. The summed E-state index contributed by atoms with van der Waals surface area (Å²) in [5.74, 6) is 0.341. The molecule has 1 fully saturated rings. The third-order valence-corrected chi connectivity index (χ3v) is 7.45. The molecule has 35 heavy (non-hydrogen) atoms. The molecule has 0 saturated heterocycles. The zero-order chi connectivity index (χ0) is 24.5. The number of nitrogens with one attached hydrogen (secondary N) is 1. The van der Waals surface area contributed by atoms with Crippen LogP contribution in [-0.4, -0.2) is 34.5 Å². The molecule has 2 aliphatic carbocycles. The Morgan fingerprint density at radius 3 is 2.74 bits per heavy atom. The van der Waals surface area contributed by atoms with Crippen LogP contribution >= 0.6 is 11.6 Å². The molecule has 1 saturated carbocycles. The summed E-state index contributed by atoms with van der Waals surface area (Å²) in [6.45, 7) is 3.30. The van der Waals surface area contributed by atoms with Crippen LogP contribution in [0.5, 0.6) is 5.88 Å². The highest BCUT2D eigenvalue weighted by atomic mass is 35.5. The molecular formula is C25H23ClF3N5O. The number of halogens is 4. The van der Waals surface area contributed by atoms with Crippen molar-refractivity contribution in [1.29, 1.82) is 0 Å². The van der Waals surface area contributed by atoms with E-state index in [1.165, 1.54) is 0 Å². The molecule has 0 amide bonds. The number of hydrogen-bond donors (Lipinski definition) is 1. The Kier molecular flexibility index (Phi) is 4.87. The Bertz CT molecular complexity index is 1360. The van der Waals surface area contributed by atoms with Gasteiger partial charge in [-0.3, -0.25) is 0 Å². The fourth-order valence-electron chi connectivity index (χ4n) is 5.66. The summed E-state index contributed by atoms with van der Waals surface area (Å²) >= 11 is 6.00. The smallest absolute Gasteiger partial charge is 0.413 e. The number of rotatable bonds is 3. The van der Waals surface area contributed by atoms with E-state index in [2.05, 4.69) is 10.3 Å². The lowest BCUT2D eigenvalue weighted by Gasteiger charge is -2.25. The van der Waals surface area contributed by atoms with Gasteiger partial charge in [0.05, 0.1) is 24.9 Å². The Hall–Kier alpha value is -3.20. The van der Waals surface area contributed by atoms with Gasteiger partial charge in [-0.15, -0.1) is 0 Å². The van der Waals surface area contributed by atoms with Gasteiger partial charge in [0.15, 0.2) is 0 Å². The van der Waals surface area contributed by atoms with E-state index in [0.29, 0.717) is 42.7 Å². The molecule has 182 valence electrons. The molecular weight excluding hydrogens is 479 g/mol. The molecule has 4 aliphatic rings. The van der Waals surface area contributed by atoms with E-state index in [1.807, 2.05) is 40.9 Å². The number of aromatic nitrogens is 3. The lowest BCUT2D eigenvalue weighted by Crippen LogP contribution is -2.26. The lowest BCUT2D eigenvalue weighted by molar-refractivity contribution is -0.0960. The number of fused-ring (bicyclic) bond motifs is 5. The van der Waals surface area contributed by atoms with Crippen molar-refractivity contribution in [2.75, 3.05) is 18.7 Å². The first-order valence-electron chi connectivity index (χ1n) is 11.4. The normalized spacial score (nSPS) is 25.1. The minimum absolute atomic E-state index is 0.0849. The van der Waals surface area contributed by atoms with Crippen molar-refractivity contribution in [2.24, 2.45) is 5.92 Å². The second-order valence-electron chi connectivity index (χ2n) is 9.26. The molecule has 1 spiro atoms. The third-order valence-electron chi connectivity index (χ3n) is 7.22. The van der Waals surface area contributed by atoms with E-state index in [9.17, 15) is 13.2 Å². The van der Waals surface area contributed by atoms with Gasteiger partial charge >= 0.3 is 6.18 Å². The van der Waals surface area contributed by atoms with Gasteiger partial charge in [0.2, 0.25) is 5.88 Å². The molecule has 0 unspecified atom stereocenters. The summed E-state index contributed by atoms with van der Waals surface area (Å²) in [6, 6.07) is 3.79. The van der Waals surface area contributed by atoms with Crippen LogP contribution in [0.1, 0.15) is 25.6 Å². The van der Waals surface area contributed by atoms with Gasteiger partial charge < -0.3 is 19.5 Å². The molecule has 2 aromatic heterocycles. The summed E-state index contributed by atoms with van der Waals surface area (Å²) in [7, 11) is 1.57. The Morgan fingerprint density at radius 1 is 1.20 bits per heavy atom. The van der Waals surface area contributed by atoms with E-state index in [4.69, 9.17) is 21.3 Å². The predicted molar refractivity (Wildman–Crippen MR) is 127 cm³/mol. The maximum absolute atomic E-state index is 14.0. The summed E-state index contributed by atoms with van der Waals surface area (Å²) in [4.78, 5) is 11.5. The minimum atomic E-state index is -4.47. The number of hydrogen-bond acceptors (Lipinski definition) is 5. The second-order valence-corrected chi connectivity index (χ2v) is 9.70. The van der Waals surface area contributed by atoms with E-state index >= 15 is 0 Å². The van der Waals surface area contributed by atoms with E-state index in [1.54, 1.807) is 19.3 Å². The monoisotopic (exact) mass is 501 g/mol. The van der Waals surface area contributed by atoms with Crippen molar-refractivity contribution in [2.45, 2.75) is 37.9 Å². The minimum Gasteiger partial charge on any atom is -0.479 e. The van der Waals surface area contributed by atoms with Crippen LogP contribution in [0.2, 0.25) is 0 Å². The van der Waals surface area contributed by atoms with E-state index in [-0.39, 0.29) is 5.03 Å². The zero-order valence-corrected chi connectivity index (χ0v) is 19.9. The highest BCUT2D eigenvalue weighted by Gasteiger charge is 2.68. The van der Waals surface area contributed by atoms with Crippen LogP contribution in [0.4, 0.5) is 18.9 Å². The van der Waals surface area contributed by atoms with Crippen molar-refractivity contribution in [3.05, 3.63) is 70.5 Å². The van der Waals surface area contributed by atoms with E-state index in [0.717, 1.165) is 29.5 Å². The van der Waals surface area contributed by atoms with Crippen LogP contribution < -0.4 is 15.0 Å². The van der Waals surface area contributed by atoms with Gasteiger partial charge in [-0.2, -0.15) is 13.2 Å². The summed E-state index contributed by atoms with van der Waals surface area (Å²) in [6.07, 6.45) is 5.13. The third kappa shape index (κ3) is 3.39. The Labute approximate surface area is 205 Å². The first-order valence-corrected chi connectivity index (χ1v) is 11.8. The first-order chi connectivity index (χ1) is 16.7. The molecule has 0 aromatic carbocycles. The number of allylic oxidation sites excluding steroid dienone is 7. The number of imidazole rings is 1. The van der Waals surface area contributed by atoms with Crippen LogP contribution in [0, 0.1) is 5.92 Å². The lowest BCUT2D eigenvalue weighted by atomic mass is 9.89. The highest BCUT2D eigenvalue weighted by Crippen LogP contribution is 2.68. The first kappa shape index (κ1) is 22.3. The maximum Gasteiger partial charge on any atom is 0.413 e. The number of nitrogens with zero attached hydrogens (tertiary/aromatic N) is 4. The van der Waals surface area contributed by atoms with Crippen LogP contribution in [0.15, 0.2) is 64.6 Å². The molecule has 2 aliphatic heterocycles. The quantitative estimate of drug-likeness (QED) is 0.610. The molecule has 10 heteroatoms. The molecule has 6 nitrogen and oxygen atoms in total. The van der Waals surface area contributed by atoms with Crippen molar-refractivity contribution >= 4 is 17.3 Å². The molecule has 2 atom stereocenters. The molecule has 0 radical (unpaired) electrons. The number of pyridine rings is 1. The van der Waals surface area contributed by atoms with Gasteiger partial charge in [-0.25, -0.2) is 9.97 Å². The summed E-state index contributed by atoms with van der Waals surface area (Å²) in [5.41, 5.74) is 2.44. The van der Waals surface area contributed by atoms with Gasteiger partial charge in [-0.1, -0.05) is 17.7 Å². The molecule has 1 N–H and O–H groups in total. The second kappa shape index (κ2) is 7.65. The van der Waals surface area contributed by atoms with Crippen molar-refractivity contribution < 1.29 is 17.9 Å². The Morgan fingerprint density at radius 2 is 2.03 bits per heavy atom. The SMILES string of the molecule is COc1nc(-c2cn3c(n2)[C@@]2(CCC3)C3=CC=C(Cl)C=C(C(F)(F)F)[C@@H]32)ccc1N1C=C(C)NC1. The van der Waals surface area contributed by atoms with Gasteiger partial charge in [0.1, 0.15) is 17.2 Å². The van der Waals surface area contributed by atoms with Crippen molar-refractivity contribution in [3.8, 4) is 17.3 Å². The summed E-state index contributed by atoms with van der Waals surface area (Å²) < 4.78 is 49.5. The van der Waals surface area contributed by atoms with Crippen LogP contribution in [-0.2, 0) is 12.0 Å². The number of anilines is 1. The molecule has 2 aromatic rings. The number of alkyl halides is 3. The topological polar surface area (TPSA) is 55.2 Å². The van der Waals surface area contributed by atoms with Gasteiger partial charge in [0.25, 0.3) is 0 Å². The zero-order valence-electron chi connectivity index (χ0n) is 19.2. The molecule has 0 bridgehead atoms. The summed E-state index contributed by atoms with van der Waals surface area (Å²) in [5, 5.41) is 3.33. The van der Waals surface area contributed by atoms with Gasteiger partial charge in [-0.05, 0) is 49.6 Å². The number of methoxy groups -OCH3 is 1. The maximum atomic E-state index is 14.0. The van der Waals surface area contributed by atoms with Crippen LogP contribution in [0.25, 0.3) is 11.4 Å². The average molecular weight is 502 g/mol. The van der Waals surface area contributed by atoms with Crippen molar-refractivity contribution in [3.63, 3.8) is 0 Å². The largest absolute Gasteiger partial charge is 0.479 e. The Balaban J connectivity index is 1.40. The number of aryl methyl sites for hydroxylation is 1. The van der Waals surface area contributed by atoms with E-state index < -0.39 is 23.1 Å².